The molecule has 0 saturated heterocycles. The number of hydrogen-bond donors (Lipinski definition) is 2. The second kappa shape index (κ2) is 9.60. The van der Waals surface area contributed by atoms with Gasteiger partial charge in [-0.25, -0.2) is 4.99 Å². The molecule has 1 amide bonds. The Hall–Kier alpha value is -0.830. The zero-order valence-electron chi connectivity index (χ0n) is 14.4. The van der Waals surface area contributed by atoms with Crippen LogP contribution in [0.1, 0.15) is 25.3 Å². The van der Waals surface area contributed by atoms with Crippen molar-refractivity contribution in [1.29, 1.82) is 0 Å². The highest BCUT2D eigenvalue weighted by atomic mass is 127. The van der Waals surface area contributed by atoms with Gasteiger partial charge in [0.25, 0.3) is 0 Å². The van der Waals surface area contributed by atoms with Gasteiger partial charge in [-0.15, -0.1) is 24.0 Å². The number of benzene rings is 1. The van der Waals surface area contributed by atoms with Gasteiger partial charge in [-0.3, -0.25) is 4.79 Å². The molecule has 134 valence electrons. The third-order valence-electron chi connectivity index (χ3n) is 4.10. The molecule has 1 aromatic carbocycles. The monoisotopic (exact) mass is 508 g/mol. The van der Waals surface area contributed by atoms with Crippen LogP contribution in [-0.2, 0) is 10.2 Å². The zero-order valence-corrected chi connectivity index (χ0v) is 18.4. The van der Waals surface area contributed by atoms with Gasteiger partial charge in [-0.05, 0) is 37.5 Å². The molecule has 0 bridgehead atoms. The molecule has 0 aromatic heterocycles. The van der Waals surface area contributed by atoms with Crippen LogP contribution in [0, 0.1) is 0 Å². The van der Waals surface area contributed by atoms with E-state index in [1.165, 1.54) is 18.4 Å². The highest BCUT2D eigenvalue weighted by molar-refractivity contribution is 14.0. The Kier molecular flexibility index (Phi) is 8.49. The fourth-order valence-corrected chi connectivity index (χ4v) is 2.82. The summed E-state index contributed by atoms with van der Waals surface area (Å²) in [5, 5.41) is 6.59. The van der Waals surface area contributed by atoms with Gasteiger partial charge in [-0.2, -0.15) is 0 Å². The summed E-state index contributed by atoms with van der Waals surface area (Å²) in [6.45, 7) is 3.77. The second-order valence-corrected chi connectivity index (χ2v) is 7.04. The SMILES string of the molecule is CCNC(=NCC(=O)N(C)C)NCC1(c2cccc(Br)c2)CC1.I. The quantitative estimate of drug-likeness (QED) is 0.353. The van der Waals surface area contributed by atoms with Crippen LogP contribution in [0.3, 0.4) is 0 Å². The first kappa shape index (κ1) is 21.2. The van der Waals surface area contributed by atoms with Crippen LogP contribution in [0.5, 0.6) is 0 Å². The molecule has 0 unspecified atom stereocenters. The topological polar surface area (TPSA) is 56.7 Å². The second-order valence-electron chi connectivity index (χ2n) is 6.13. The summed E-state index contributed by atoms with van der Waals surface area (Å²) < 4.78 is 1.11. The van der Waals surface area contributed by atoms with Gasteiger partial charge in [0.05, 0.1) is 0 Å². The van der Waals surface area contributed by atoms with Crippen LogP contribution in [0.2, 0.25) is 0 Å². The minimum absolute atomic E-state index is 0. The number of rotatable bonds is 6. The molecule has 1 aliphatic carbocycles. The Bertz CT molecular complexity index is 588. The molecular weight excluding hydrogens is 483 g/mol. The van der Waals surface area contributed by atoms with Crippen LogP contribution in [0.4, 0.5) is 0 Å². The van der Waals surface area contributed by atoms with E-state index in [1.54, 1.807) is 19.0 Å². The van der Waals surface area contributed by atoms with E-state index in [-0.39, 0.29) is 41.8 Å². The number of hydrogen-bond acceptors (Lipinski definition) is 2. The van der Waals surface area contributed by atoms with Gasteiger partial charge in [0.1, 0.15) is 6.54 Å². The van der Waals surface area contributed by atoms with E-state index in [4.69, 9.17) is 0 Å². The minimum Gasteiger partial charge on any atom is -0.357 e. The molecule has 1 aliphatic rings. The third kappa shape index (κ3) is 5.91. The summed E-state index contributed by atoms with van der Waals surface area (Å²) in [7, 11) is 3.48. The molecular formula is C17H26BrIN4O. The van der Waals surface area contributed by atoms with Gasteiger partial charge in [-0.1, -0.05) is 28.1 Å². The maximum absolute atomic E-state index is 11.7. The Morgan fingerprint density at radius 1 is 1.33 bits per heavy atom. The first-order valence-corrected chi connectivity index (χ1v) is 8.74. The molecule has 0 heterocycles. The average Bonchev–Trinajstić information content (AvgIpc) is 3.31. The maximum atomic E-state index is 11.7. The Balaban J connectivity index is 0.00000288. The predicted octanol–water partition coefficient (Wildman–Crippen LogP) is 2.74. The normalized spacial score (nSPS) is 15.2. The molecule has 0 aliphatic heterocycles. The molecule has 1 fully saturated rings. The molecule has 5 nitrogen and oxygen atoms in total. The van der Waals surface area contributed by atoms with Crippen molar-refractivity contribution < 1.29 is 4.79 Å². The Morgan fingerprint density at radius 2 is 2.04 bits per heavy atom. The lowest BCUT2D eigenvalue weighted by atomic mass is 9.96. The van der Waals surface area contributed by atoms with Crippen LogP contribution in [0.25, 0.3) is 0 Å². The number of guanidine groups is 1. The van der Waals surface area contributed by atoms with Crippen LogP contribution in [0.15, 0.2) is 33.7 Å². The van der Waals surface area contributed by atoms with Crippen molar-refractivity contribution in [3.05, 3.63) is 34.3 Å². The van der Waals surface area contributed by atoms with E-state index < -0.39 is 0 Å². The van der Waals surface area contributed by atoms with Gasteiger partial charge in [0, 0.05) is 37.1 Å². The van der Waals surface area contributed by atoms with Gasteiger partial charge < -0.3 is 15.5 Å². The first-order chi connectivity index (χ1) is 11.0. The minimum atomic E-state index is -0.00433. The standard InChI is InChI=1S/C17H25BrN4O.HI/c1-4-19-16(20-11-15(23)22(2)3)21-12-17(8-9-17)13-6-5-7-14(18)10-13;/h5-7,10H,4,8-9,11-12H2,1-3H3,(H2,19,20,21);1H. The molecule has 2 N–H and O–H groups in total. The molecule has 1 saturated carbocycles. The summed E-state index contributed by atoms with van der Waals surface area (Å²) in [5.74, 6) is 0.694. The summed E-state index contributed by atoms with van der Waals surface area (Å²) >= 11 is 3.54. The lowest BCUT2D eigenvalue weighted by Crippen LogP contribution is -2.42. The van der Waals surface area contributed by atoms with Crippen LogP contribution in [-0.4, -0.2) is 50.5 Å². The smallest absolute Gasteiger partial charge is 0.243 e. The summed E-state index contributed by atoms with van der Waals surface area (Å²) in [6, 6.07) is 8.49. The van der Waals surface area contributed by atoms with E-state index in [0.29, 0.717) is 5.96 Å². The molecule has 7 heteroatoms. The fraction of sp³-hybridized carbons (Fsp3) is 0.529. The number of nitrogens with zero attached hydrogens (tertiary/aromatic N) is 2. The zero-order chi connectivity index (χ0) is 16.9. The van der Waals surface area contributed by atoms with E-state index in [0.717, 1.165) is 17.6 Å². The van der Waals surface area contributed by atoms with Crippen molar-refractivity contribution in [1.82, 2.24) is 15.5 Å². The number of carbonyl (C=O) groups excluding carboxylic acids is 1. The number of aliphatic imine (C=N–C) groups is 1. The van der Waals surface area contributed by atoms with Crippen molar-refractivity contribution in [3.63, 3.8) is 0 Å². The molecule has 24 heavy (non-hydrogen) atoms. The Morgan fingerprint density at radius 3 is 2.58 bits per heavy atom. The predicted molar refractivity (Wildman–Crippen MR) is 113 cm³/mol. The lowest BCUT2D eigenvalue weighted by molar-refractivity contribution is -0.127. The van der Waals surface area contributed by atoms with Crippen LogP contribution < -0.4 is 10.6 Å². The fourth-order valence-electron chi connectivity index (χ4n) is 2.42. The molecule has 2 rings (SSSR count). The van der Waals surface area contributed by atoms with Gasteiger partial charge >= 0.3 is 0 Å². The maximum Gasteiger partial charge on any atom is 0.243 e. The number of carbonyl (C=O) groups is 1. The van der Waals surface area contributed by atoms with E-state index >= 15 is 0 Å². The van der Waals surface area contributed by atoms with Crippen molar-refractivity contribution in [3.8, 4) is 0 Å². The number of amides is 1. The van der Waals surface area contributed by atoms with Crippen molar-refractivity contribution >= 4 is 51.8 Å². The van der Waals surface area contributed by atoms with E-state index in [1.807, 2.05) is 13.0 Å². The molecule has 0 atom stereocenters. The highest BCUT2D eigenvalue weighted by Crippen LogP contribution is 2.48. The van der Waals surface area contributed by atoms with Gasteiger partial charge in [0.15, 0.2) is 5.96 Å². The summed E-state index contributed by atoms with van der Waals surface area (Å²) in [5.41, 5.74) is 1.53. The van der Waals surface area contributed by atoms with E-state index in [9.17, 15) is 4.79 Å². The number of likely N-dealkylation sites (N-methyl/N-ethyl adjacent to an activating group) is 1. The van der Waals surface area contributed by atoms with Crippen LogP contribution >= 0.6 is 39.9 Å². The lowest BCUT2D eigenvalue weighted by Gasteiger charge is -2.19. The van der Waals surface area contributed by atoms with Gasteiger partial charge in [0.2, 0.25) is 5.91 Å². The van der Waals surface area contributed by atoms with E-state index in [2.05, 4.69) is 49.8 Å². The third-order valence-corrected chi connectivity index (χ3v) is 4.59. The first-order valence-electron chi connectivity index (χ1n) is 7.95. The van der Waals surface area contributed by atoms with Crippen molar-refractivity contribution in [2.45, 2.75) is 25.2 Å². The largest absolute Gasteiger partial charge is 0.357 e. The molecule has 0 spiro atoms. The molecule has 1 aromatic rings. The van der Waals surface area contributed by atoms with Crippen molar-refractivity contribution in [2.24, 2.45) is 4.99 Å². The summed E-state index contributed by atoms with van der Waals surface area (Å²) in [4.78, 5) is 17.6. The number of nitrogens with one attached hydrogen (secondary N) is 2. The highest BCUT2D eigenvalue weighted by Gasteiger charge is 2.44. The van der Waals surface area contributed by atoms with Crippen molar-refractivity contribution in [2.75, 3.05) is 33.7 Å². The Labute approximate surface area is 169 Å². The summed E-state index contributed by atoms with van der Waals surface area (Å²) in [6.07, 6.45) is 2.35. The molecule has 0 radical (unpaired) electrons. The average molecular weight is 509 g/mol. The number of halogens is 2.